The molecule has 1 fully saturated rings. The molecular formula is C35H43ClN8O3. The van der Waals surface area contributed by atoms with Gasteiger partial charge in [0.1, 0.15) is 6.04 Å². The fraction of sp³-hybridized carbons (Fsp3) is 0.400. The lowest BCUT2D eigenvalue weighted by molar-refractivity contribution is -0.130. The lowest BCUT2D eigenvalue weighted by atomic mass is 9.81. The fourth-order valence-electron chi connectivity index (χ4n) is 5.73. The number of aromatic nitrogens is 4. The maximum absolute atomic E-state index is 13.6. The molecule has 2 heterocycles. The third-order valence-electron chi connectivity index (χ3n) is 8.52. The van der Waals surface area contributed by atoms with Crippen molar-refractivity contribution in [1.29, 1.82) is 0 Å². The van der Waals surface area contributed by atoms with Crippen molar-refractivity contribution in [2.45, 2.75) is 44.6 Å². The summed E-state index contributed by atoms with van der Waals surface area (Å²) in [6.45, 7) is 2.21. The van der Waals surface area contributed by atoms with E-state index >= 15 is 0 Å². The minimum atomic E-state index is -0.766. The van der Waals surface area contributed by atoms with Crippen LogP contribution in [-0.2, 0) is 16.0 Å². The number of nitrogens with zero attached hydrogens (tertiary/aromatic N) is 4. The number of hydrogen-bond donors (Lipinski definition) is 4. The molecule has 4 aromatic rings. The number of aromatic amines is 1. The Morgan fingerprint density at radius 1 is 1.00 bits per heavy atom. The molecule has 12 heteroatoms. The van der Waals surface area contributed by atoms with Gasteiger partial charge in [-0.05, 0) is 112 Å². The highest BCUT2D eigenvalue weighted by molar-refractivity contribution is 6.28. The summed E-state index contributed by atoms with van der Waals surface area (Å²) < 4.78 is 5.76. The molecule has 5 rings (SSSR count). The fourth-order valence-corrected chi connectivity index (χ4v) is 5.85. The summed E-state index contributed by atoms with van der Waals surface area (Å²) in [6, 6.07) is 18.2. The number of hydrogen-bond acceptors (Lipinski definition) is 8. The zero-order chi connectivity index (χ0) is 33.2. The van der Waals surface area contributed by atoms with Crippen LogP contribution in [0.4, 0.5) is 5.69 Å². The zero-order valence-electron chi connectivity index (χ0n) is 26.9. The summed E-state index contributed by atoms with van der Waals surface area (Å²) in [7, 11) is 4.08. The predicted octanol–water partition coefficient (Wildman–Crippen LogP) is 4.95. The summed E-state index contributed by atoms with van der Waals surface area (Å²) in [4.78, 5) is 37.7. The van der Waals surface area contributed by atoms with E-state index in [4.69, 9.17) is 22.1 Å². The molecule has 0 radical (unpaired) electrons. The van der Waals surface area contributed by atoms with Crippen molar-refractivity contribution < 1.29 is 14.3 Å². The molecule has 11 nitrogen and oxygen atoms in total. The third kappa shape index (κ3) is 9.84. The Morgan fingerprint density at radius 3 is 2.32 bits per heavy atom. The van der Waals surface area contributed by atoms with Gasteiger partial charge in [0, 0.05) is 48.0 Å². The Hall–Kier alpha value is -4.32. The Kier molecular flexibility index (Phi) is 11.9. The van der Waals surface area contributed by atoms with Crippen LogP contribution in [0.5, 0.6) is 5.88 Å². The van der Waals surface area contributed by atoms with Crippen molar-refractivity contribution in [1.82, 2.24) is 30.4 Å². The topological polar surface area (TPSA) is 151 Å². The van der Waals surface area contributed by atoms with Gasteiger partial charge in [-0.15, -0.1) is 0 Å². The number of H-pyrrole nitrogens is 1. The van der Waals surface area contributed by atoms with Crippen LogP contribution in [0.3, 0.4) is 0 Å². The maximum Gasteiger partial charge on any atom is 0.247 e. The number of benzene rings is 2. The van der Waals surface area contributed by atoms with Crippen molar-refractivity contribution >= 4 is 29.1 Å². The number of nitrogens with one attached hydrogen (secondary N) is 3. The Morgan fingerprint density at radius 2 is 1.70 bits per heavy atom. The molecule has 2 amide bonds. The number of rotatable bonds is 14. The average Bonchev–Trinajstić information content (AvgIpc) is 3.53. The van der Waals surface area contributed by atoms with Gasteiger partial charge in [0.15, 0.2) is 5.82 Å². The molecule has 2 aromatic carbocycles. The van der Waals surface area contributed by atoms with Gasteiger partial charge >= 0.3 is 0 Å². The quantitative estimate of drug-likeness (QED) is 0.139. The first-order chi connectivity index (χ1) is 22.8. The van der Waals surface area contributed by atoms with Crippen LogP contribution in [0.1, 0.15) is 37.7 Å². The molecule has 1 unspecified atom stereocenters. The molecular weight excluding hydrogens is 616 g/mol. The SMILES string of the molecule is CN(C)CCCOc1ccc(-c2ccc(CC(NC(=O)C3CCC(CN)CC3)C(=O)Nc3ccc(-c4n[nH]c(Cl)n4)cc3)cc2)cn1. The number of carbonyl (C=O) groups is 2. The summed E-state index contributed by atoms with van der Waals surface area (Å²) in [5, 5.41) is 12.9. The number of carbonyl (C=O) groups excluding carboxylic acids is 2. The molecule has 1 aliphatic carbocycles. The molecule has 0 bridgehead atoms. The van der Waals surface area contributed by atoms with E-state index in [2.05, 4.69) is 35.7 Å². The molecule has 1 atom stereocenters. The van der Waals surface area contributed by atoms with Crippen molar-refractivity contribution in [3.05, 3.63) is 77.7 Å². The molecule has 0 saturated heterocycles. The van der Waals surface area contributed by atoms with Gasteiger partial charge in [-0.25, -0.2) is 10.1 Å². The van der Waals surface area contributed by atoms with Gasteiger partial charge in [0.25, 0.3) is 0 Å². The summed E-state index contributed by atoms with van der Waals surface area (Å²) in [6.07, 6.45) is 6.46. The number of nitrogens with two attached hydrogens (primary N) is 1. The number of halogens is 1. The highest BCUT2D eigenvalue weighted by Crippen LogP contribution is 2.29. The standard InChI is InChI=1S/C35H43ClN8O3/c1-44(2)18-3-19-47-31-17-14-28(22-38-31)25-8-4-23(5-9-25)20-30(40-33(45)27-10-6-24(21-37)7-11-27)34(46)39-29-15-12-26(13-16-29)32-41-35(36)43-42-32/h4-5,8-9,12-17,22,24,27,30H,3,6-7,10-11,18-21,37H2,1-2H3,(H,39,46)(H,40,45)(H,41,42,43). The Balaban J connectivity index is 1.24. The van der Waals surface area contributed by atoms with Crippen LogP contribution >= 0.6 is 11.6 Å². The highest BCUT2D eigenvalue weighted by atomic mass is 35.5. The van der Waals surface area contributed by atoms with E-state index in [0.29, 0.717) is 42.9 Å². The van der Waals surface area contributed by atoms with Crippen LogP contribution in [0.25, 0.3) is 22.5 Å². The largest absolute Gasteiger partial charge is 0.478 e. The summed E-state index contributed by atoms with van der Waals surface area (Å²) in [5.41, 5.74) is 10.1. The van der Waals surface area contributed by atoms with E-state index < -0.39 is 6.04 Å². The lowest BCUT2D eigenvalue weighted by Gasteiger charge is -2.28. The third-order valence-corrected chi connectivity index (χ3v) is 8.68. The van der Waals surface area contributed by atoms with Gasteiger partial charge < -0.3 is 26.0 Å². The first-order valence-electron chi connectivity index (χ1n) is 16.1. The Labute approximate surface area is 280 Å². The van der Waals surface area contributed by atoms with E-state index in [0.717, 1.165) is 60.9 Å². The highest BCUT2D eigenvalue weighted by Gasteiger charge is 2.29. The number of amides is 2. The number of ether oxygens (including phenoxy) is 1. The molecule has 47 heavy (non-hydrogen) atoms. The van der Waals surface area contributed by atoms with E-state index in [-0.39, 0.29) is 23.0 Å². The molecule has 1 aliphatic rings. The van der Waals surface area contributed by atoms with Crippen molar-refractivity contribution in [3.8, 4) is 28.4 Å². The first kappa shape index (κ1) is 34.0. The van der Waals surface area contributed by atoms with Crippen LogP contribution < -0.4 is 21.1 Å². The van der Waals surface area contributed by atoms with E-state index in [1.54, 1.807) is 30.5 Å². The van der Waals surface area contributed by atoms with Gasteiger partial charge in [-0.3, -0.25) is 9.59 Å². The van der Waals surface area contributed by atoms with Crippen molar-refractivity contribution in [3.63, 3.8) is 0 Å². The van der Waals surface area contributed by atoms with Gasteiger partial charge in [-0.2, -0.15) is 10.1 Å². The van der Waals surface area contributed by atoms with Crippen molar-refractivity contribution in [2.24, 2.45) is 17.6 Å². The van der Waals surface area contributed by atoms with Crippen molar-refractivity contribution in [2.75, 3.05) is 39.1 Å². The van der Waals surface area contributed by atoms with Crippen LogP contribution in [0.15, 0.2) is 66.9 Å². The molecule has 0 spiro atoms. The molecule has 1 saturated carbocycles. The van der Waals surface area contributed by atoms with E-state index in [9.17, 15) is 9.59 Å². The smallest absolute Gasteiger partial charge is 0.247 e. The van der Waals surface area contributed by atoms with Gasteiger partial charge in [-0.1, -0.05) is 24.3 Å². The lowest BCUT2D eigenvalue weighted by Crippen LogP contribution is -2.48. The molecule has 248 valence electrons. The second kappa shape index (κ2) is 16.5. The minimum absolute atomic E-state index is 0.0934. The normalized spacial score (nSPS) is 16.9. The Bertz CT molecular complexity index is 1580. The predicted molar refractivity (Wildman–Crippen MR) is 184 cm³/mol. The minimum Gasteiger partial charge on any atom is -0.478 e. The van der Waals surface area contributed by atoms with Gasteiger partial charge in [0.2, 0.25) is 23.0 Å². The molecule has 2 aromatic heterocycles. The molecule has 5 N–H and O–H groups in total. The number of pyridine rings is 1. The molecule has 0 aliphatic heterocycles. The zero-order valence-corrected chi connectivity index (χ0v) is 27.7. The average molecular weight is 659 g/mol. The van der Waals surface area contributed by atoms with Gasteiger partial charge in [0.05, 0.1) is 6.61 Å². The van der Waals surface area contributed by atoms with Crippen LogP contribution in [-0.4, -0.2) is 76.7 Å². The summed E-state index contributed by atoms with van der Waals surface area (Å²) >= 11 is 5.86. The number of anilines is 1. The van der Waals surface area contributed by atoms with Crippen LogP contribution in [0, 0.1) is 11.8 Å². The first-order valence-corrected chi connectivity index (χ1v) is 16.5. The van der Waals surface area contributed by atoms with E-state index in [1.165, 1.54) is 0 Å². The maximum atomic E-state index is 13.6. The second-order valence-electron chi connectivity index (χ2n) is 12.3. The second-order valence-corrected chi connectivity index (χ2v) is 12.7. The van der Waals surface area contributed by atoms with Crippen LogP contribution in [0.2, 0.25) is 5.28 Å². The summed E-state index contributed by atoms with van der Waals surface area (Å²) in [5.74, 6) is 1.000. The van der Waals surface area contributed by atoms with E-state index in [1.807, 2.05) is 50.5 Å². The monoisotopic (exact) mass is 658 g/mol.